The lowest BCUT2D eigenvalue weighted by Gasteiger charge is -2.36. The van der Waals surface area contributed by atoms with E-state index < -0.39 is 6.23 Å². The van der Waals surface area contributed by atoms with Gasteiger partial charge in [-0.25, -0.2) is 0 Å². The SMILES string of the molecule is CNC(=O)C1CCN(C(C)(C)CCC(O)NC2CCN(C(C)(C)C)C2)C1. The van der Waals surface area contributed by atoms with Crippen molar-refractivity contribution >= 4 is 5.91 Å². The fourth-order valence-corrected chi connectivity index (χ4v) is 4.24. The number of hydrogen-bond donors (Lipinski definition) is 3. The fraction of sp³-hybridized carbons (Fsp3) is 0.950. The Morgan fingerprint density at radius 2 is 1.77 bits per heavy atom. The minimum absolute atomic E-state index is 0.00144. The standard InChI is InChI=1S/C20H40N4O2/c1-19(2,3)23-12-9-16(14-23)22-17(25)7-10-20(4,5)24-11-8-15(13-24)18(26)21-6/h15-17,22,25H,7-14H2,1-6H3,(H,21,26). The molecule has 2 rings (SSSR count). The summed E-state index contributed by atoms with van der Waals surface area (Å²) in [6, 6.07) is 0.372. The Morgan fingerprint density at radius 3 is 2.35 bits per heavy atom. The van der Waals surface area contributed by atoms with Crippen molar-refractivity contribution in [2.45, 2.75) is 83.6 Å². The van der Waals surface area contributed by atoms with Crippen LogP contribution in [0.5, 0.6) is 0 Å². The summed E-state index contributed by atoms with van der Waals surface area (Å²) in [6.07, 6.45) is 3.21. The summed E-state index contributed by atoms with van der Waals surface area (Å²) < 4.78 is 0. The molecule has 0 radical (unpaired) electrons. The average Bonchev–Trinajstić information content (AvgIpc) is 3.21. The van der Waals surface area contributed by atoms with Gasteiger partial charge in [-0.05, 0) is 66.8 Å². The highest BCUT2D eigenvalue weighted by atomic mass is 16.3. The molecule has 0 bridgehead atoms. The van der Waals surface area contributed by atoms with Crippen LogP contribution in [-0.4, -0.2) is 77.4 Å². The molecule has 3 atom stereocenters. The second kappa shape index (κ2) is 8.55. The van der Waals surface area contributed by atoms with E-state index in [1.54, 1.807) is 7.05 Å². The Morgan fingerprint density at radius 1 is 1.12 bits per heavy atom. The van der Waals surface area contributed by atoms with Gasteiger partial charge in [0.1, 0.15) is 6.23 Å². The molecule has 6 heteroatoms. The lowest BCUT2D eigenvalue weighted by atomic mass is 9.95. The molecule has 0 aromatic heterocycles. The smallest absolute Gasteiger partial charge is 0.224 e. The molecule has 0 spiro atoms. The second-order valence-electron chi connectivity index (χ2n) is 9.68. The topological polar surface area (TPSA) is 67.8 Å². The normalized spacial score (nSPS) is 27.0. The van der Waals surface area contributed by atoms with Gasteiger partial charge in [-0.3, -0.25) is 19.9 Å². The van der Waals surface area contributed by atoms with Gasteiger partial charge in [0.05, 0.1) is 5.92 Å². The van der Waals surface area contributed by atoms with Crippen LogP contribution in [-0.2, 0) is 4.79 Å². The average molecular weight is 369 g/mol. The molecule has 3 N–H and O–H groups in total. The van der Waals surface area contributed by atoms with Crippen molar-refractivity contribution in [2.24, 2.45) is 5.92 Å². The molecule has 2 aliphatic heterocycles. The number of aliphatic hydroxyl groups excluding tert-OH is 1. The molecule has 1 amide bonds. The lowest BCUT2D eigenvalue weighted by Crippen LogP contribution is -2.46. The minimum Gasteiger partial charge on any atom is -0.379 e. The largest absolute Gasteiger partial charge is 0.379 e. The van der Waals surface area contributed by atoms with E-state index in [2.05, 4.69) is 55.1 Å². The quantitative estimate of drug-likeness (QED) is 0.593. The minimum atomic E-state index is -0.462. The fourth-order valence-electron chi connectivity index (χ4n) is 4.24. The number of nitrogens with one attached hydrogen (secondary N) is 2. The summed E-state index contributed by atoms with van der Waals surface area (Å²) in [7, 11) is 1.71. The van der Waals surface area contributed by atoms with Crippen LogP contribution < -0.4 is 10.6 Å². The van der Waals surface area contributed by atoms with Gasteiger partial charge < -0.3 is 10.4 Å². The predicted molar refractivity (Wildman–Crippen MR) is 106 cm³/mol. The van der Waals surface area contributed by atoms with Gasteiger partial charge in [-0.15, -0.1) is 0 Å². The number of hydrogen-bond acceptors (Lipinski definition) is 5. The molecule has 26 heavy (non-hydrogen) atoms. The highest BCUT2D eigenvalue weighted by molar-refractivity contribution is 5.78. The molecule has 0 aromatic rings. The maximum absolute atomic E-state index is 11.9. The Hall–Kier alpha value is -0.690. The third-order valence-corrected chi connectivity index (χ3v) is 6.26. The zero-order valence-electron chi connectivity index (χ0n) is 17.6. The van der Waals surface area contributed by atoms with Gasteiger partial charge >= 0.3 is 0 Å². The summed E-state index contributed by atoms with van der Waals surface area (Å²) >= 11 is 0. The number of rotatable bonds is 7. The molecule has 2 saturated heterocycles. The van der Waals surface area contributed by atoms with E-state index >= 15 is 0 Å². The van der Waals surface area contributed by atoms with Crippen molar-refractivity contribution in [3.8, 4) is 0 Å². The summed E-state index contributed by atoms with van der Waals surface area (Å²) in [5.41, 5.74) is 0.193. The zero-order valence-corrected chi connectivity index (χ0v) is 17.6. The van der Waals surface area contributed by atoms with Crippen LogP contribution in [0.3, 0.4) is 0 Å². The lowest BCUT2D eigenvalue weighted by molar-refractivity contribution is -0.124. The van der Waals surface area contributed by atoms with Crippen LogP contribution in [0.4, 0.5) is 0 Å². The summed E-state index contributed by atoms with van der Waals surface area (Å²) in [5.74, 6) is 0.249. The van der Waals surface area contributed by atoms with Crippen molar-refractivity contribution in [3.05, 3.63) is 0 Å². The van der Waals surface area contributed by atoms with Gasteiger partial charge in [0, 0.05) is 43.8 Å². The third kappa shape index (κ3) is 5.65. The van der Waals surface area contributed by atoms with Crippen LogP contribution in [0.25, 0.3) is 0 Å². The number of carbonyl (C=O) groups excluding carboxylic acids is 1. The van der Waals surface area contributed by atoms with E-state index in [4.69, 9.17) is 0 Å². The first-order chi connectivity index (χ1) is 12.0. The van der Waals surface area contributed by atoms with Crippen molar-refractivity contribution in [2.75, 3.05) is 33.2 Å². The van der Waals surface area contributed by atoms with Crippen LogP contribution in [0.1, 0.15) is 60.3 Å². The molecule has 0 aliphatic carbocycles. The maximum atomic E-state index is 11.9. The summed E-state index contributed by atoms with van der Waals surface area (Å²) in [5, 5.41) is 16.6. The molecular weight excluding hydrogens is 328 g/mol. The molecule has 0 aromatic carbocycles. The Labute approximate surface area is 159 Å². The Balaban J connectivity index is 1.74. The van der Waals surface area contributed by atoms with Gasteiger partial charge in [-0.1, -0.05) is 0 Å². The van der Waals surface area contributed by atoms with Crippen molar-refractivity contribution in [3.63, 3.8) is 0 Å². The van der Waals surface area contributed by atoms with E-state index in [1.807, 2.05) is 0 Å². The molecule has 2 aliphatic rings. The highest BCUT2D eigenvalue weighted by Crippen LogP contribution is 2.29. The van der Waals surface area contributed by atoms with Gasteiger partial charge in [0.2, 0.25) is 5.91 Å². The van der Waals surface area contributed by atoms with Crippen molar-refractivity contribution in [1.82, 2.24) is 20.4 Å². The van der Waals surface area contributed by atoms with Crippen LogP contribution in [0.15, 0.2) is 0 Å². The molecule has 3 unspecified atom stereocenters. The van der Waals surface area contributed by atoms with E-state index in [9.17, 15) is 9.90 Å². The van der Waals surface area contributed by atoms with E-state index in [0.717, 1.165) is 51.9 Å². The monoisotopic (exact) mass is 368 g/mol. The van der Waals surface area contributed by atoms with E-state index in [0.29, 0.717) is 6.04 Å². The third-order valence-electron chi connectivity index (χ3n) is 6.26. The number of carbonyl (C=O) groups is 1. The van der Waals surface area contributed by atoms with Gasteiger partial charge in [-0.2, -0.15) is 0 Å². The number of likely N-dealkylation sites (tertiary alicyclic amines) is 2. The maximum Gasteiger partial charge on any atom is 0.224 e. The number of nitrogens with zero attached hydrogens (tertiary/aromatic N) is 2. The molecule has 152 valence electrons. The van der Waals surface area contributed by atoms with Crippen molar-refractivity contribution < 1.29 is 9.90 Å². The first-order valence-electron chi connectivity index (χ1n) is 10.2. The number of aliphatic hydroxyl groups is 1. The van der Waals surface area contributed by atoms with E-state index in [-0.39, 0.29) is 22.9 Å². The Bertz CT molecular complexity index is 475. The number of amides is 1. The zero-order chi connectivity index (χ0) is 19.5. The first-order valence-corrected chi connectivity index (χ1v) is 10.2. The van der Waals surface area contributed by atoms with Gasteiger partial charge in [0.15, 0.2) is 0 Å². The van der Waals surface area contributed by atoms with Crippen LogP contribution in [0, 0.1) is 5.92 Å². The highest BCUT2D eigenvalue weighted by Gasteiger charge is 2.36. The molecule has 2 fully saturated rings. The molecule has 2 heterocycles. The Kier molecular flexibility index (Phi) is 7.10. The van der Waals surface area contributed by atoms with Crippen LogP contribution >= 0.6 is 0 Å². The van der Waals surface area contributed by atoms with Gasteiger partial charge in [0.25, 0.3) is 0 Å². The van der Waals surface area contributed by atoms with E-state index in [1.165, 1.54) is 0 Å². The summed E-state index contributed by atoms with van der Waals surface area (Å²) in [4.78, 5) is 16.7. The first kappa shape index (κ1) is 21.6. The molecular formula is C20H40N4O2. The summed E-state index contributed by atoms with van der Waals surface area (Å²) in [6.45, 7) is 15.1. The molecule has 0 saturated carbocycles. The van der Waals surface area contributed by atoms with Crippen LogP contribution in [0.2, 0.25) is 0 Å². The second-order valence-corrected chi connectivity index (χ2v) is 9.68. The molecule has 6 nitrogen and oxygen atoms in total. The predicted octanol–water partition coefficient (Wildman–Crippen LogP) is 1.39. The van der Waals surface area contributed by atoms with Crippen molar-refractivity contribution in [1.29, 1.82) is 0 Å².